The van der Waals surface area contributed by atoms with Gasteiger partial charge in [-0.2, -0.15) is 5.26 Å². The average molecular weight is 255 g/mol. The molecule has 3 N–H and O–H groups in total. The van der Waals surface area contributed by atoms with Gasteiger partial charge in [0, 0.05) is 32.2 Å². The maximum absolute atomic E-state index is 10.8. The lowest BCUT2D eigenvalue weighted by Crippen LogP contribution is -2.49. The minimum Gasteiger partial charge on any atom is -0.481 e. The highest BCUT2D eigenvalue weighted by Crippen LogP contribution is 2.19. The summed E-state index contributed by atoms with van der Waals surface area (Å²) in [4.78, 5) is 12.8. The highest BCUT2D eigenvalue weighted by atomic mass is 16.4. The Kier molecular flexibility index (Phi) is 6.65. The number of hydrogen-bond donors (Lipinski definition) is 3. The fraction of sp³-hybridized carbons (Fsp3) is 0.833. The molecule has 0 bridgehead atoms. The van der Waals surface area contributed by atoms with Crippen molar-refractivity contribution in [1.82, 2.24) is 10.2 Å². The zero-order chi connectivity index (χ0) is 13.4. The van der Waals surface area contributed by atoms with Crippen molar-refractivity contribution in [3.05, 3.63) is 0 Å². The van der Waals surface area contributed by atoms with E-state index in [-0.39, 0.29) is 25.0 Å². The Labute approximate surface area is 107 Å². The zero-order valence-electron chi connectivity index (χ0n) is 10.5. The molecule has 1 fully saturated rings. The summed E-state index contributed by atoms with van der Waals surface area (Å²) in [7, 11) is 0. The standard InChI is InChI=1S/C12H21N3O3/c13-2-4-15-8-10(7-12(17)18)6-11(9-15)14-3-1-5-16/h10-11,14,16H,1,3-9H2,(H,17,18). The first-order valence-corrected chi connectivity index (χ1v) is 6.31. The molecule has 2 atom stereocenters. The van der Waals surface area contributed by atoms with Crippen LogP contribution in [0.3, 0.4) is 0 Å². The van der Waals surface area contributed by atoms with E-state index in [0.717, 1.165) is 19.5 Å². The van der Waals surface area contributed by atoms with Gasteiger partial charge in [-0.15, -0.1) is 0 Å². The van der Waals surface area contributed by atoms with E-state index in [2.05, 4.69) is 11.4 Å². The number of aliphatic hydroxyl groups is 1. The first-order chi connectivity index (χ1) is 8.65. The normalized spacial score (nSPS) is 24.7. The van der Waals surface area contributed by atoms with Gasteiger partial charge in [-0.05, 0) is 25.3 Å². The molecule has 0 aromatic heterocycles. The predicted octanol–water partition coefficient (Wildman–Crippen LogP) is -0.353. The molecule has 1 heterocycles. The highest BCUT2D eigenvalue weighted by molar-refractivity contribution is 5.67. The number of aliphatic hydroxyl groups excluding tert-OH is 1. The van der Waals surface area contributed by atoms with Crippen LogP contribution >= 0.6 is 0 Å². The van der Waals surface area contributed by atoms with Crippen LogP contribution in [0.2, 0.25) is 0 Å². The lowest BCUT2D eigenvalue weighted by atomic mass is 9.91. The lowest BCUT2D eigenvalue weighted by Gasteiger charge is -2.36. The number of carboxylic acid groups (broad SMARTS) is 1. The SMILES string of the molecule is N#CCN1CC(CC(=O)O)CC(NCCCO)C1. The first kappa shape index (κ1) is 14.9. The third-order valence-electron chi connectivity index (χ3n) is 3.14. The first-order valence-electron chi connectivity index (χ1n) is 6.31. The summed E-state index contributed by atoms with van der Waals surface area (Å²) in [5.74, 6) is -0.691. The van der Waals surface area contributed by atoms with Crippen LogP contribution < -0.4 is 5.32 Å². The molecule has 102 valence electrons. The van der Waals surface area contributed by atoms with Crippen molar-refractivity contribution in [2.45, 2.75) is 25.3 Å². The molecule has 6 heteroatoms. The van der Waals surface area contributed by atoms with Gasteiger partial charge in [-0.25, -0.2) is 0 Å². The summed E-state index contributed by atoms with van der Waals surface area (Å²) in [6.45, 7) is 2.67. The summed E-state index contributed by atoms with van der Waals surface area (Å²) in [5, 5.41) is 29.6. The van der Waals surface area contributed by atoms with Gasteiger partial charge in [0.1, 0.15) is 0 Å². The number of rotatable bonds is 7. The lowest BCUT2D eigenvalue weighted by molar-refractivity contribution is -0.138. The molecular weight excluding hydrogens is 234 g/mol. The second kappa shape index (κ2) is 8.03. The number of carbonyl (C=O) groups is 1. The maximum Gasteiger partial charge on any atom is 0.303 e. The fourth-order valence-electron chi connectivity index (χ4n) is 2.46. The van der Waals surface area contributed by atoms with E-state index in [4.69, 9.17) is 15.5 Å². The number of carboxylic acids is 1. The Morgan fingerprint density at radius 1 is 1.50 bits per heavy atom. The number of likely N-dealkylation sites (tertiary alicyclic amines) is 1. The van der Waals surface area contributed by atoms with E-state index in [1.54, 1.807) is 0 Å². The molecule has 1 aliphatic heterocycles. The second-order valence-corrected chi connectivity index (χ2v) is 4.78. The summed E-state index contributed by atoms with van der Waals surface area (Å²) in [6.07, 6.45) is 1.66. The number of piperidine rings is 1. The highest BCUT2D eigenvalue weighted by Gasteiger charge is 2.28. The van der Waals surface area contributed by atoms with E-state index < -0.39 is 5.97 Å². The molecule has 0 aromatic carbocycles. The Bertz CT molecular complexity index is 303. The number of hydrogen-bond acceptors (Lipinski definition) is 5. The number of nitrogens with one attached hydrogen (secondary N) is 1. The third kappa shape index (κ3) is 5.45. The zero-order valence-corrected chi connectivity index (χ0v) is 10.5. The Balaban J connectivity index is 2.45. The largest absolute Gasteiger partial charge is 0.481 e. The molecule has 1 rings (SSSR count). The monoisotopic (exact) mass is 255 g/mol. The topological polar surface area (TPSA) is 96.6 Å². The summed E-state index contributed by atoms with van der Waals surface area (Å²) >= 11 is 0. The number of aliphatic carboxylic acids is 1. The smallest absolute Gasteiger partial charge is 0.303 e. The van der Waals surface area contributed by atoms with Crippen molar-refractivity contribution >= 4 is 5.97 Å². The van der Waals surface area contributed by atoms with Gasteiger partial charge in [-0.3, -0.25) is 9.69 Å². The Morgan fingerprint density at radius 2 is 2.28 bits per heavy atom. The second-order valence-electron chi connectivity index (χ2n) is 4.78. The maximum atomic E-state index is 10.8. The van der Waals surface area contributed by atoms with Crippen molar-refractivity contribution in [2.75, 3.05) is 32.8 Å². The molecular formula is C12H21N3O3. The van der Waals surface area contributed by atoms with Gasteiger partial charge in [0.15, 0.2) is 0 Å². The molecule has 0 radical (unpaired) electrons. The van der Waals surface area contributed by atoms with Crippen LogP contribution in [0.25, 0.3) is 0 Å². The molecule has 1 aliphatic rings. The van der Waals surface area contributed by atoms with Crippen LogP contribution in [0.1, 0.15) is 19.3 Å². The molecule has 0 spiro atoms. The molecule has 2 unspecified atom stereocenters. The van der Waals surface area contributed by atoms with Crippen LogP contribution in [0, 0.1) is 17.2 Å². The van der Waals surface area contributed by atoms with Crippen LogP contribution in [0.5, 0.6) is 0 Å². The van der Waals surface area contributed by atoms with Crippen LogP contribution in [-0.2, 0) is 4.79 Å². The predicted molar refractivity (Wildman–Crippen MR) is 65.9 cm³/mol. The van der Waals surface area contributed by atoms with Crippen LogP contribution in [-0.4, -0.2) is 59.9 Å². The van der Waals surface area contributed by atoms with Gasteiger partial charge < -0.3 is 15.5 Å². The van der Waals surface area contributed by atoms with Crippen LogP contribution in [0.15, 0.2) is 0 Å². The van der Waals surface area contributed by atoms with Crippen molar-refractivity contribution in [1.29, 1.82) is 5.26 Å². The van der Waals surface area contributed by atoms with Crippen molar-refractivity contribution in [2.24, 2.45) is 5.92 Å². The van der Waals surface area contributed by atoms with Crippen molar-refractivity contribution in [3.63, 3.8) is 0 Å². The third-order valence-corrected chi connectivity index (χ3v) is 3.14. The number of nitriles is 1. The quantitative estimate of drug-likeness (QED) is 0.425. The summed E-state index contributed by atoms with van der Waals surface area (Å²) in [5.41, 5.74) is 0. The molecule has 0 saturated carbocycles. The van der Waals surface area contributed by atoms with Gasteiger partial charge in [0.2, 0.25) is 0 Å². The van der Waals surface area contributed by atoms with Crippen molar-refractivity contribution < 1.29 is 15.0 Å². The Hall–Kier alpha value is -1.16. The summed E-state index contributed by atoms with van der Waals surface area (Å²) < 4.78 is 0. The average Bonchev–Trinajstić information content (AvgIpc) is 2.28. The fourth-order valence-corrected chi connectivity index (χ4v) is 2.46. The Morgan fingerprint density at radius 3 is 2.89 bits per heavy atom. The summed E-state index contributed by atoms with van der Waals surface area (Å²) in [6, 6.07) is 2.32. The van der Waals surface area contributed by atoms with E-state index >= 15 is 0 Å². The van der Waals surface area contributed by atoms with E-state index in [9.17, 15) is 4.79 Å². The molecule has 0 aromatic rings. The molecule has 6 nitrogen and oxygen atoms in total. The van der Waals surface area contributed by atoms with E-state index in [1.165, 1.54) is 0 Å². The number of nitrogens with zero attached hydrogens (tertiary/aromatic N) is 2. The van der Waals surface area contributed by atoms with E-state index in [1.807, 2.05) is 4.90 Å². The van der Waals surface area contributed by atoms with Gasteiger partial charge in [0.25, 0.3) is 0 Å². The minimum absolute atomic E-state index is 0.0937. The molecule has 0 amide bonds. The molecule has 0 aliphatic carbocycles. The van der Waals surface area contributed by atoms with E-state index in [0.29, 0.717) is 19.5 Å². The van der Waals surface area contributed by atoms with Gasteiger partial charge in [0.05, 0.1) is 12.6 Å². The molecule has 1 saturated heterocycles. The minimum atomic E-state index is -0.784. The molecule has 18 heavy (non-hydrogen) atoms. The van der Waals surface area contributed by atoms with Gasteiger partial charge in [-0.1, -0.05) is 0 Å². The van der Waals surface area contributed by atoms with Gasteiger partial charge >= 0.3 is 5.97 Å². The van der Waals surface area contributed by atoms with Crippen molar-refractivity contribution in [3.8, 4) is 6.07 Å². The van der Waals surface area contributed by atoms with Crippen LogP contribution in [0.4, 0.5) is 0 Å².